The molecule has 0 radical (unpaired) electrons. The summed E-state index contributed by atoms with van der Waals surface area (Å²) >= 11 is 0. The molecule has 0 amide bonds. The second kappa shape index (κ2) is 4.86. The van der Waals surface area contributed by atoms with Crippen LogP contribution in [0.2, 0.25) is 0 Å². The average molecular weight is 278 g/mol. The lowest BCUT2D eigenvalue weighted by Gasteiger charge is -2.46. The van der Waals surface area contributed by atoms with Gasteiger partial charge < -0.3 is 45.3 Å². The van der Waals surface area contributed by atoms with Crippen LogP contribution in [0.5, 0.6) is 0 Å². The Labute approximate surface area is 95.3 Å². The van der Waals surface area contributed by atoms with E-state index in [0.29, 0.717) is 0 Å². The van der Waals surface area contributed by atoms with E-state index < -0.39 is 25.2 Å². The molecule has 1 aliphatic rings. The Kier molecular flexibility index (Phi) is 4.82. The van der Waals surface area contributed by atoms with Gasteiger partial charge in [-0.2, -0.15) is 0 Å². The third kappa shape index (κ3) is 4.56. The van der Waals surface area contributed by atoms with Crippen LogP contribution in [0, 0.1) is 0 Å². The van der Waals surface area contributed by atoms with Gasteiger partial charge in [-0.05, 0) is 6.42 Å². The van der Waals surface area contributed by atoms with E-state index in [2.05, 4.69) is 0 Å². The lowest BCUT2D eigenvalue weighted by atomic mass is 9.83. The van der Waals surface area contributed by atoms with Crippen LogP contribution in [-0.4, -0.2) is 62.7 Å². The maximum absolute atomic E-state index is 8.99. The normalized spacial score (nSPS) is 25.7. The van der Waals surface area contributed by atoms with Crippen LogP contribution in [0.15, 0.2) is 0 Å². The summed E-state index contributed by atoms with van der Waals surface area (Å²) in [5.74, 6) is -9.07. The zero-order chi connectivity index (χ0) is 14.1. The summed E-state index contributed by atoms with van der Waals surface area (Å²) in [6, 6.07) is 0. The minimum absolute atomic E-state index is 0.0862. The molecule has 1 fully saturated rings. The standard InChI is InChI=1S/C6H12O6.H3O4P/c7-4(8)2-1-3-5(9,10)6(4,11)12;1-5(2,3)4/h7-12H,1-3H2;(H3,1,2,3,4). The molecule has 1 saturated carbocycles. The summed E-state index contributed by atoms with van der Waals surface area (Å²) in [5, 5.41) is 53.9. The number of hydrogen-bond donors (Lipinski definition) is 9. The smallest absolute Gasteiger partial charge is 0.361 e. The summed E-state index contributed by atoms with van der Waals surface area (Å²) < 4.78 is 8.88. The number of hydrogen-bond acceptors (Lipinski definition) is 7. The molecule has 9 N–H and O–H groups in total. The molecule has 0 saturated heterocycles. The van der Waals surface area contributed by atoms with Crippen molar-refractivity contribution in [1.82, 2.24) is 0 Å². The van der Waals surface area contributed by atoms with E-state index in [0.717, 1.165) is 0 Å². The van der Waals surface area contributed by atoms with Crippen molar-refractivity contribution >= 4 is 7.82 Å². The maximum Gasteiger partial charge on any atom is 0.466 e. The molecule has 17 heavy (non-hydrogen) atoms. The Morgan fingerprint density at radius 3 is 1.18 bits per heavy atom. The average Bonchev–Trinajstić information content (AvgIpc) is 1.96. The molecule has 1 rings (SSSR count). The van der Waals surface area contributed by atoms with Gasteiger partial charge in [0.1, 0.15) is 0 Å². The molecular weight excluding hydrogens is 263 g/mol. The SMILES string of the molecule is O=P(O)(O)O.OC1(O)CCCC(O)(O)C1(O)O. The molecule has 0 aromatic rings. The fraction of sp³-hybridized carbons (Fsp3) is 1.00. The monoisotopic (exact) mass is 278 g/mol. The van der Waals surface area contributed by atoms with Crippen LogP contribution in [0.3, 0.4) is 0 Å². The molecule has 104 valence electrons. The quantitative estimate of drug-likeness (QED) is 0.157. The Morgan fingerprint density at radius 1 is 0.765 bits per heavy atom. The van der Waals surface area contributed by atoms with Crippen molar-refractivity contribution in [2.24, 2.45) is 0 Å². The van der Waals surface area contributed by atoms with Gasteiger partial charge >= 0.3 is 7.82 Å². The number of phosphoric acid groups is 1. The highest BCUT2D eigenvalue weighted by Gasteiger charge is 2.63. The van der Waals surface area contributed by atoms with Crippen molar-refractivity contribution in [2.75, 3.05) is 0 Å². The van der Waals surface area contributed by atoms with Crippen LogP contribution in [0.4, 0.5) is 0 Å². The second-order valence-corrected chi connectivity index (χ2v) is 4.70. The molecule has 1 aliphatic carbocycles. The van der Waals surface area contributed by atoms with Gasteiger partial charge in [0.25, 0.3) is 5.79 Å². The van der Waals surface area contributed by atoms with E-state index in [1.807, 2.05) is 0 Å². The summed E-state index contributed by atoms with van der Waals surface area (Å²) in [5.41, 5.74) is 0. The topological polar surface area (TPSA) is 199 Å². The third-order valence-electron chi connectivity index (χ3n) is 2.17. The first kappa shape index (κ1) is 16.9. The third-order valence-corrected chi connectivity index (χ3v) is 2.17. The van der Waals surface area contributed by atoms with Crippen LogP contribution in [0.25, 0.3) is 0 Å². The van der Waals surface area contributed by atoms with Crippen molar-refractivity contribution in [3.05, 3.63) is 0 Å². The minimum Gasteiger partial charge on any atom is -0.361 e. The molecule has 0 aromatic carbocycles. The van der Waals surface area contributed by atoms with Gasteiger partial charge in [0, 0.05) is 12.8 Å². The fourth-order valence-corrected chi connectivity index (χ4v) is 1.25. The predicted molar refractivity (Wildman–Crippen MR) is 49.6 cm³/mol. The van der Waals surface area contributed by atoms with Crippen LogP contribution in [-0.2, 0) is 4.57 Å². The molecular formula is C6H15O10P. The highest BCUT2D eigenvalue weighted by Crippen LogP contribution is 2.39. The molecule has 0 spiro atoms. The summed E-state index contributed by atoms with van der Waals surface area (Å²) in [4.78, 5) is 21.6. The highest BCUT2D eigenvalue weighted by atomic mass is 31.2. The second-order valence-electron chi connectivity index (χ2n) is 3.67. The van der Waals surface area contributed by atoms with E-state index >= 15 is 0 Å². The molecule has 0 unspecified atom stereocenters. The van der Waals surface area contributed by atoms with Gasteiger partial charge in [0.15, 0.2) is 0 Å². The van der Waals surface area contributed by atoms with Gasteiger partial charge in [0.2, 0.25) is 11.6 Å². The molecule has 0 bridgehead atoms. The summed E-state index contributed by atoms with van der Waals surface area (Å²) in [6.45, 7) is 0. The van der Waals surface area contributed by atoms with E-state index in [1.165, 1.54) is 0 Å². The molecule has 0 heterocycles. The molecule has 0 aromatic heterocycles. The van der Waals surface area contributed by atoms with Crippen LogP contribution >= 0.6 is 7.82 Å². The van der Waals surface area contributed by atoms with Crippen molar-refractivity contribution in [3.63, 3.8) is 0 Å². The van der Waals surface area contributed by atoms with Crippen molar-refractivity contribution < 1.29 is 49.9 Å². The first-order valence-corrected chi connectivity index (χ1v) is 5.90. The largest absolute Gasteiger partial charge is 0.466 e. The first-order chi connectivity index (χ1) is 7.21. The van der Waals surface area contributed by atoms with E-state index in [4.69, 9.17) is 49.9 Å². The predicted octanol–water partition coefficient (Wildman–Crippen LogP) is -3.72. The first-order valence-electron chi connectivity index (χ1n) is 4.33. The number of aliphatic hydroxyl groups is 6. The number of rotatable bonds is 0. The van der Waals surface area contributed by atoms with Crippen LogP contribution < -0.4 is 0 Å². The Bertz CT molecular complexity index is 278. The molecule has 10 nitrogen and oxygen atoms in total. The molecule has 0 aliphatic heterocycles. The molecule has 0 atom stereocenters. The summed E-state index contributed by atoms with van der Waals surface area (Å²) in [6.07, 6.45) is -0.547. The minimum atomic E-state index is -4.64. The zero-order valence-corrected chi connectivity index (χ0v) is 9.40. The Hall–Kier alpha value is -0.130. The zero-order valence-electron chi connectivity index (χ0n) is 8.50. The van der Waals surface area contributed by atoms with E-state index in [1.54, 1.807) is 0 Å². The lowest BCUT2D eigenvalue weighted by Crippen LogP contribution is -2.70. The Balaban J connectivity index is 0.000000437. The van der Waals surface area contributed by atoms with Gasteiger partial charge in [-0.25, -0.2) is 4.57 Å². The fourth-order valence-electron chi connectivity index (χ4n) is 1.25. The van der Waals surface area contributed by atoms with E-state index in [-0.39, 0.29) is 19.3 Å². The Morgan fingerprint density at radius 2 is 1.00 bits per heavy atom. The van der Waals surface area contributed by atoms with Gasteiger partial charge in [-0.15, -0.1) is 0 Å². The summed E-state index contributed by atoms with van der Waals surface area (Å²) in [7, 11) is -4.64. The van der Waals surface area contributed by atoms with Gasteiger partial charge in [0.05, 0.1) is 0 Å². The van der Waals surface area contributed by atoms with Gasteiger partial charge in [-0.1, -0.05) is 0 Å². The lowest BCUT2D eigenvalue weighted by molar-refractivity contribution is -0.466. The van der Waals surface area contributed by atoms with Crippen molar-refractivity contribution in [3.8, 4) is 0 Å². The van der Waals surface area contributed by atoms with Crippen LogP contribution in [0.1, 0.15) is 19.3 Å². The van der Waals surface area contributed by atoms with Crippen molar-refractivity contribution in [2.45, 2.75) is 36.6 Å². The van der Waals surface area contributed by atoms with Crippen molar-refractivity contribution in [1.29, 1.82) is 0 Å². The highest BCUT2D eigenvalue weighted by molar-refractivity contribution is 7.45. The maximum atomic E-state index is 8.99. The molecule has 11 heteroatoms. The van der Waals surface area contributed by atoms with E-state index in [9.17, 15) is 0 Å². The van der Waals surface area contributed by atoms with Gasteiger partial charge in [-0.3, -0.25) is 0 Å².